The van der Waals surface area contributed by atoms with Crippen LogP contribution in [0.4, 0.5) is 0 Å². The first-order chi connectivity index (χ1) is 8.20. The molecule has 0 amide bonds. The zero-order valence-electron chi connectivity index (χ0n) is 9.79. The Bertz CT molecular complexity index is 658. The minimum absolute atomic E-state index is 0.0173. The number of rotatable bonds is 1. The van der Waals surface area contributed by atoms with Gasteiger partial charge in [-0.05, 0) is 25.0 Å². The molecule has 0 radical (unpaired) electrons. The minimum Gasteiger partial charge on any atom is -0.454 e. The highest BCUT2D eigenvalue weighted by atomic mass is 16.7. The highest BCUT2D eigenvalue weighted by Crippen LogP contribution is 2.36. The van der Waals surface area contributed by atoms with Crippen LogP contribution in [0.5, 0.6) is 11.5 Å². The lowest BCUT2D eigenvalue weighted by Crippen LogP contribution is -2.13. The van der Waals surface area contributed by atoms with Gasteiger partial charge in [-0.25, -0.2) is 0 Å². The smallest absolute Gasteiger partial charge is 0.251 e. The van der Waals surface area contributed by atoms with Crippen LogP contribution in [-0.2, 0) is 6.42 Å². The van der Waals surface area contributed by atoms with Gasteiger partial charge in [-0.15, -0.1) is 0 Å². The van der Waals surface area contributed by atoms with Gasteiger partial charge in [0, 0.05) is 17.0 Å². The van der Waals surface area contributed by atoms with Crippen molar-refractivity contribution in [3.8, 4) is 11.5 Å². The molecule has 0 saturated carbocycles. The summed E-state index contributed by atoms with van der Waals surface area (Å²) in [5.74, 6) is 1.44. The normalized spacial score (nSPS) is 13.3. The summed E-state index contributed by atoms with van der Waals surface area (Å²) < 4.78 is 10.6. The molecule has 1 N–H and O–H groups in total. The van der Waals surface area contributed by atoms with Gasteiger partial charge < -0.3 is 14.5 Å². The number of nitrogens with one attached hydrogen (secondary N) is 1. The fourth-order valence-electron chi connectivity index (χ4n) is 2.31. The first-order valence-corrected chi connectivity index (χ1v) is 5.66. The molecule has 0 saturated heterocycles. The molecule has 88 valence electrons. The van der Waals surface area contributed by atoms with Crippen molar-refractivity contribution in [3.05, 3.63) is 33.6 Å². The summed E-state index contributed by atoms with van der Waals surface area (Å²) in [5, 5.41) is 1.02. The number of H-pyrrole nitrogens is 1. The van der Waals surface area contributed by atoms with Crippen LogP contribution >= 0.6 is 0 Å². The van der Waals surface area contributed by atoms with E-state index >= 15 is 0 Å². The molecule has 1 aromatic heterocycles. The summed E-state index contributed by atoms with van der Waals surface area (Å²) in [6.45, 7) is 4.20. The van der Waals surface area contributed by atoms with Crippen LogP contribution in [0.2, 0.25) is 0 Å². The summed E-state index contributed by atoms with van der Waals surface area (Å²) >= 11 is 0. The molecule has 2 heterocycles. The molecular formula is C13H13NO3. The van der Waals surface area contributed by atoms with Crippen LogP contribution in [0.15, 0.2) is 16.9 Å². The topological polar surface area (TPSA) is 51.3 Å². The standard InChI is InChI=1S/C13H13NO3/c1-3-8-7(2)9-4-11-12(17-6-16-11)5-10(9)14-13(8)15/h4-5H,3,6H2,1-2H3,(H,14,15). The van der Waals surface area contributed by atoms with E-state index in [-0.39, 0.29) is 12.4 Å². The number of aromatic amines is 1. The molecular weight excluding hydrogens is 218 g/mol. The summed E-state index contributed by atoms with van der Waals surface area (Å²) in [4.78, 5) is 14.7. The third kappa shape index (κ3) is 1.40. The molecule has 4 heteroatoms. The van der Waals surface area contributed by atoms with Crippen molar-refractivity contribution in [2.45, 2.75) is 20.3 Å². The van der Waals surface area contributed by atoms with Crippen molar-refractivity contribution >= 4 is 10.9 Å². The Morgan fingerprint density at radius 3 is 2.71 bits per heavy atom. The third-order valence-corrected chi connectivity index (χ3v) is 3.25. The van der Waals surface area contributed by atoms with E-state index in [1.807, 2.05) is 26.0 Å². The van der Waals surface area contributed by atoms with Gasteiger partial charge in [0.1, 0.15) is 0 Å². The summed E-state index contributed by atoms with van der Waals surface area (Å²) in [6.07, 6.45) is 0.728. The quantitative estimate of drug-likeness (QED) is 0.818. The van der Waals surface area contributed by atoms with Crippen LogP contribution in [0.25, 0.3) is 10.9 Å². The van der Waals surface area contributed by atoms with Gasteiger partial charge >= 0.3 is 0 Å². The number of hydrogen-bond acceptors (Lipinski definition) is 3. The second-order valence-corrected chi connectivity index (χ2v) is 4.16. The lowest BCUT2D eigenvalue weighted by molar-refractivity contribution is 0.174. The van der Waals surface area contributed by atoms with Gasteiger partial charge in [0.25, 0.3) is 5.56 Å². The van der Waals surface area contributed by atoms with E-state index in [9.17, 15) is 4.79 Å². The molecule has 0 spiro atoms. The highest BCUT2D eigenvalue weighted by Gasteiger charge is 2.16. The first kappa shape index (κ1) is 10.2. The third-order valence-electron chi connectivity index (χ3n) is 3.25. The van der Waals surface area contributed by atoms with Crippen LogP contribution < -0.4 is 15.0 Å². The number of pyridine rings is 1. The van der Waals surface area contributed by atoms with Crippen molar-refractivity contribution in [1.82, 2.24) is 4.98 Å². The van der Waals surface area contributed by atoms with E-state index in [0.29, 0.717) is 5.75 Å². The zero-order chi connectivity index (χ0) is 12.0. The Kier molecular flexibility index (Phi) is 2.11. The number of benzene rings is 1. The SMILES string of the molecule is CCc1c(C)c2cc3c(cc2[nH]c1=O)OCO3. The second kappa shape index (κ2) is 3.52. The molecule has 1 aliphatic rings. The van der Waals surface area contributed by atoms with E-state index in [0.717, 1.165) is 34.2 Å². The van der Waals surface area contributed by atoms with E-state index in [4.69, 9.17) is 9.47 Å². The average molecular weight is 231 g/mol. The molecule has 17 heavy (non-hydrogen) atoms. The molecule has 1 aliphatic heterocycles. The molecule has 4 nitrogen and oxygen atoms in total. The van der Waals surface area contributed by atoms with E-state index in [2.05, 4.69) is 4.98 Å². The van der Waals surface area contributed by atoms with E-state index in [1.165, 1.54) is 0 Å². The molecule has 0 unspecified atom stereocenters. The van der Waals surface area contributed by atoms with Crippen LogP contribution in [0.3, 0.4) is 0 Å². The van der Waals surface area contributed by atoms with Crippen molar-refractivity contribution in [2.75, 3.05) is 6.79 Å². The van der Waals surface area contributed by atoms with Crippen molar-refractivity contribution < 1.29 is 9.47 Å². The van der Waals surface area contributed by atoms with Gasteiger partial charge in [-0.3, -0.25) is 4.79 Å². The molecule has 3 rings (SSSR count). The lowest BCUT2D eigenvalue weighted by Gasteiger charge is -2.08. The Labute approximate surface area is 98.2 Å². The first-order valence-electron chi connectivity index (χ1n) is 5.66. The largest absolute Gasteiger partial charge is 0.454 e. The maximum Gasteiger partial charge on any atom is 0.251 e. The zero-order valence-corrected chi connectivity index (χ0v) is 9.79. The lowest BCUT2D eigenvalue weighted by atomic mass is 10.0. The summed E-state index contributed by atoms with van der Waals surface area (Å²) in [6, 6.07) is 3.76. The van der Waals surface area contributed by atoms with Gasteiger partial charge in [0.05, 0.1) is 5.52 Å². The molecule has 1 aromatic carbocycles. The molecule has 0 bridgehead atoms. The number of aryl methyl sites for hydroxylation is 1. The molecule has 2 aromatic rings. The Morgan fingerprint density at radius 2 is 2.00 bits per heavy atom. The monoisotopic (exact) mass is 231 g/mol. The number of ether oxygens (including phenoxy) is 2. The van der Waals surface area contributed by atoms with Crippen LogP contribution in [0.1, 0.15) is 18.1 Å². The number of aromatic nitrogens is 1. The van der Waals surface area contributed by atoms with Gasteiger partial charge in [0.2, 0.25) is 6.79 Å². The fourth-order valence-corrected chi connectivity index (χ4v) is 2.31. The number of hydrogen-bond donors (Lipinski definition) is 1. The van der Waals surface area contributed by atoms with Gasteiger partial charge in [0.15, 0.2) is 11.5 Å². The molecule has 0 atom stereocenters. The fraction of sp³-hybridized carbons (Fsp3) is 0.308. The van der Waals surface area contributed by atoms with E-state index < -0.39 is 0 Å². The summed E-state index contributed by atoms with van der Waals surface area (Å²) in [7, 11) is 0. The molecule has 0 fully saturated rings. The number of fused-ring (bicyclic) bond motifs is 2. The van der Waals surface area contributed by atoms with Gasteiger partial charge in [-0.2, -0.15) is 0 Å². The average Bonchev–Trinajstić information content (AvgIpc) is 2.74. The highest BCUT2D eigenvalue weighted by molar-refractivity contribution is 5.86. The van der Waals surface area contributed by atoms with Crippen LogP contribution in [0, 0.1) is 6.92 Å². The Morgan fingerprint density at radius 1 is 1.29 bits per heavy atom. The predicted molar refractivity (Wildman–Crippen MR) is 64.8 cm³/mol. The maximum atomic E-state index is 11.9. The Balaban J connectivity index is 2.40. The summed E-state index contributed by atoms with van der Waals surface area (Å²) in [5.41, 5.74) is 2.63. The van der Waals surface area contributed by atoms with Crippen molar-refractivity contribution in [2.24, 2.45) is 0 Å². The predicted octanol–water partition coefficient (Wildman–Crippen LogP) is 2.13. The Hall–Kier alpha value is -1.97. The van der Waals surface area contributed by atoms with Crippen molar-refractivity contribution in [3.63, 3.8) is 0 Å². The van der Waals surface area contributed by atoms with Crippen LogP contribution in [-0.4, -0.2) is 11.8 Å². The maximum absolute atomic E-state index is 11.9. The van der Waals surface area contributed by atoms with Crippen molar-refractivity contribution in [1.29, 1.82) is 0 Å². The molecule has 0 aliphatic carbocycles. The van der Waals surface area contributed by atoms with Gasteiger partial charge in [-0.1, -0.05) is 6.92 Å². The van der Waals surface area contributed by atoms with E-state index in [1.54, 1.807) is 0 Å². The minimum atomic E-state index is -0.0173. The second-order valence-electron chi connectivity index (χ2n) is 4.16.